The highest BCUT2D eigenvalue weighted by Gasteiger charge is 2.29. The molecule has 1 aromatic carbocycles. The summed E-state index contributed by atoms with van der Waals surface area (Å²) in [6, 6.07) is 7.49. The lowest BCUT2D eigenvalue weighted by Gasteiger charge is -2.30. The smallest absolute Gasteiger partial charge is 0.309 e. The lowest BCUT2D eigenvalue weighted by atomic mass is 9.97. The second-order valence-electron chi connectivity index (χ2n) is 6.86. The normalized spacial score (nSPS) is 20.1. The largest absolute Gasteiger partial charge is 0.485 e. The van der Waals surface area contributed by atoms with E-state index >= 15 is 0 Å². The minimum absolute atomic E-state index is 0.0232. The van der Waals surface area contributed by atoms with Gasteiger partial charge in [0.2, 0.25) is 6.10 Å². The van der Waals surface area contributed by atoms with Crippen molar-refractivity contribution >= 4 is 18.2 Å². The third-order valence-corrected chi connectivity index (χ3v) is 5.24. The summed E-state index contributed by atoms with van der Waals surface area (Å²) < 4.78 is 24.1. The highest BCUT2D eigenvalue weighted by atomic mass is 32.1. The molecule has 28 heavy (non-hydrogen) atoms. The molecule has 3 heterocycles. The molecule has 2 aliphatic heterocycles. The van der Waals surface area contributed by atoms with Crippen molar-refractivity contribution in [3.8, 4) is 11.5 Å². The molecule has 0 saturated carbocycles. The molecule has 1 saturated heterocycles. The number of nitrogens with zero attached hydrogens (tertiary/aromatic N) is 3. The lowest BCUT2D eigenvalue weighted by molar-refractivity contribution is -0.149. The van der Waals surface area contributed by atoms with Gasteiger partial charge in [-0.2, -0.15) is 0 Å². The van der Waals surface area contributed by atoms with Crippen LogP contribution >= 0.6 is 12.2 Å². The van der Waals surface area contributed by atoms with Crippen molar-refractivity contribution in [1.29, 1.82) is 0 Å². The van der Waals surface area contributed by atoms with Gasteiger partial charge in [0.1, 0.15) is 6.61 Å². The zero-order chi connectivity index (χ0) is 19.5. The fourth-order valence-electron chi connectivity index (χ4n) is 3.44. The van der Waals surface area contributed by atoms with Crippen molar-refractivity contribution in [1.82, 2.24) is 14.7 Å². The fraction of sp³-hybridized carbons (Fsp3) is 0.526. The molecule has 1 aromatic heterocycles. The molecule has 150 valence electrons. The van der Waals surface area contributed by atoms with Gasteiger partial charge in [-0.15, -0.1) is 5.10 Å². The summed E-state index contributed by atoms with van der Waals surface area (Å²) >= 11 is 5.32. The Bertz CT molecular complexity index is 888. The molecular formula is C19H23N3O5S. The standard InChI is InChI=1S/C19H23N3O5S/c1-2-24-18(23)13-7-9-21(10-8-13)12-22-19(28)27-17(20-22)16-11-25-14-5-3-4-6-15(14)26-16/h3-6,13,16H,2,7-12H2,1H3/t16-/m0/s1. The van der Waals surface area contributed by atoms with Crippen LogP contribution in [-0.2, 0) is 16.2 Å². The quantitative estimate of drug-likeness (QED) is 0.555. The maximum absolute atomic E-state index is 11.9. The molecule has 4 rings (SSSR count). The van der Waals surface area contributed by atoms with E-state index in [1.165, 1.54) is 0 Å². The van der Waals surface area contributed by atoms with Gasteiger partial charge in [0.25, 0.3) is 10.7 Å². The van der Waals surface area contributed by atoms with Crippen molar-refractivity contribution in [3.63, 3.8) is 0 Å². The van der Waals surface area contributed by atoms with Crippen molar-refractivity contribution in [2.75, 3.05) is 26.3 Å². The average molecular weight is 405 g/mol. The van der Waals surface area contributed by atoms with E-state index in [-0.39, 0.29) is 11.9 Å². The zero-order valence-corrected chi connectivity index (χ0v) is 16.5. The maximum atomic E-state index is 11.9. The number of carbonyl (C=O) groups is 1. The number of piperidine rings is 1. The molecule has 0 bridgehead atoms. The van der Waals surface area contributed by atoms with Crippen LogP contribution in [-0.4, -0.2) is 47.0 Å². The molecule has 0 amide bonds. The van der Waals surface area contributed by atoms with Gasteiger partial charge in [0, 0.05) is 13.1 Å². The number of para-hydroxylation sites is 2. The lowest BCUT2D eigenvalue weighted by Crippen LogP contribution is -2.38. The summed E-state index contributed by atoms with van der Waals surface area (Å²) in [5.74, 6) is 1.65. The van der Waals surface area contributed by atoms with Crippen LogP contribution in [0.4, 0.5) is 0 Å². The van der Waals surface area contributed by atoms with Gasteiger partial charge in [-0.3, -0.25) is 9.69 Å². The first kappa shape index (κ1) is 18.9. The first-order valence-electron chi connectivity index (χ1n) is 9.49. The van der Waals surface area contributed by atoms with E-state index in [0.29, 0.717) is 42.1 Å². The molecule has 2 aromatic rings. The molecule has 1 atom stereocenters. The molecule has 9 heteroatoms. The Morgan fingerprint density at radius 3 is 2.79 bits per heavy atom. The predicted octanol–water partition coefficient (Wildman–Crippen LogP) is 2.95. The third kappa shape index (κ3) is 4.05. The molecule has 0 N–H and O–H groups in total. The topological polar surface area (TPSA) is 79.0 Å². The second-order valence-corrected chi connectivity index (χ2v) is 7.20. The molecule has 2 aliphatic rings. The van der Waals surface area contributed by atoms with E-state index in [9.17, 15) is 4.79 Å². The number of esters is 1. The summed E-state index contributed by atoms with van der Waals surface area (Å²) in [7, 11) is 0. The molecule has 1 fully saturated rings. The van der Waals surface area contributed by atoms with Crippen LogP contribution < -0.4 is 9.47 Å². The van der Waals surface area contributed by atoms with E-state index in [0.717, 1.165) is 25.9 Å². The van der Waals surface area contributed by atoms with Gasteiger partial charge in [-0.05, 0) is 44.1 Å². The summed E-state index contributed by atoms with van der Waals surface area (Å²) in [6.07, 6.45) is 1.10. The van der Waals surface area contributed by atoms with Crippen molar-refractivity contribution in [2.45, 2.75) is 32.5 Å². The SMILES string of the molecule is CCOC(=O)C1CCN(Cn2nc([C@@H]3COc4ccccc4O3)oc2=S)CC1. The van der Waals surface area contributed by atoms with Crippen LogP contribution in [0.25, 0.3) is 0 Å². The monoisotopic (exact) mass is 405 g/mol. The number of likely N-dealkylation sites (tertiary alicyclic amines) is 1. The second kappa shape index (κ2) is 8.32. The molecule has 0 spiro atoms. The van der Waals surface area contributed by atoms with Gasteiger partial charge in [-0.25, -0.2) is 4.68 Å². The van der Waals surface area contributed by atoms with E-state index in [1.807, 2.05) is 31.2 Å². The number of hydrogen-bond acceptors (Lipinski definition) is 8. The van der Waals surface area contributed by atoms with Crippen molar-refractivity contribution in [2.24, 2.45) is 5.92 Å². The highest BCUT2D eigenvalue weighted by Crippen LogP contribution is 2.35. The van der Waals surface area contributed by atoms with E-state index in [1.54, 1.807) is 4.68 Å². The Hall–Kier alpha value is -2.39. The Morgan fingerprint density at radius 1 is 1.29 bits per heavy atom. The van der Waals surface area contributed by atoms with Gasteiger partial charge in [-0.1, -0.05) is 12.1 Å². The van der Waals surface area contributed by atoms with E-state index < -0.39 is 6.10 Å². The van der Waals surface area contributed by atoms with Crippen LogP contribution in [0.2, 0.25) is 0 Å². The van der Waals surface area contributed by atoms with Crippen LogP contribution in [0.3, 0.4) is 0 Å². The van der Waals surface area contributed by atoms with Gasteiger partial charge >= 0.3 is 5.97 Å². The molecule has 0 aliphatic carbocycles. The molecule has 0 radical (unpaired) electrons. The van der Waals surface area contributed by atoms with Gasteiger partial charge < -0.3 is 18.6 Å². The number of hydrogen-bond donors (Lipinski definition) is 0. The van der Waals surface area contributed by atoms with Gasteiger partial charge in [0.05, 0.1) is 19.2 Å². The Balaban J connectivity index is 1.37. The van der Waals surface area contributed by atoms with Crippen LogP contribution in [0, 0.1) is 10.8 Å². The number of aromatic nitrogens is 2. The predicted molar refractivity (Wildman–Crippen MR) is 102 cm³/mol. The average Bonchev–Trinajstić information content (AvgIpc) is 3.08. The van der Waals surface area contributed by atoms with Crippen LogP contribution in [0.5, 0.6) is 11.5 Å². The summed E-state index contributed by atoms with van der Waals surface area (Å²) in [5.41, 5.74) is 0. The number of ether oxygens (including phenoxy) is 3. The Morgan fingerprint density at radius 2 is 2.04 bits per heavy atom. The number of fused-ring (bicyclic) bond motifs is 1. The van der Waals surface area contributed by atoms with E-state index in [4.69, 9.17) is 30.8 Å². The number of carbonyl (C=O) groups excluding carboxylic acids is 1. The van der Waals surface area contributed by atoms with Crippen LogP contribution in [0.15, 0.2) is 28.7 Å². The molecular weight excluding hydrogens is 382 g/mol. The minimum atomic E-state index is -0.438. The third-order valence-electron chi connectivity index (χ3n) is 4.95. The van der Waals surface area contributed by atoms with Crippen molar-refractivity contribution < 1.29 is 23.4 Å². The van der Waals surface area contributed by atoms with Crippen LogP contribution in [0.1, 0.15) is 31.8 Å². The molecule has 8 nitrogen and oxygen atoms in total. The maximum Gasteiger partial charge on any atom is 0.309 e. The van der Waals surface area contributed by atoms with E-state index in [2.05, 4.69) is 10.00 Å². The van der Waals surface area contributed by atoms with Crippen molar-refractivity contribution in [3.05, 3.63) is 35.0 Å². The molecule has 0 unspecified atom stereocenters. The fourth-order valence-corrected chi connectivity index (χ4v) is 3.63. The highest BCUT2D eigenvalue weighted by molar-refractivity contribution is 7.71. The Kier molecular flexibility index (Phi) is 5.63. The first-order chi connectivity index (χ1) is 13.6. The summed E-state index contributed by atoms with van der Waals surface area (Å²) in [5, 5.41) is 4.49. The van der Waals surface area contributed by atoms with Gasteiger partial charge in [0.15, 0.2) is 11.5 Å². The summed E-state index contributed by atoms with van der Waals surface area (Å²) in [6.45, 7) is 4.65. The zero-order valence-electron chi connectivity index (χ0n) is 15.7. The number of benzene rings is 1. The minimum Gasteiger partial charge on any atom is -0.485 e. The summed E-state index contributed by atoms with van der Waals surface area (Å²) in [4.78, 5) is 14.4. The Labute approximate surface area is 168 Å². The number of rotatable bonds is 5. The first-order valence-corrected chi connectivity index (χ1v) is 9.90.